The first-order chi connectivity index (χ1) is 19.3. The number of fused-ring (bicyclic) bond motifs is 4. The van der Waals surface area contributed by atoms with Crippen molar-refractivity contribution in [3.63, 3.8) is 0 Å². The Bertz CT molecular complexity index is 1770. The molecule has 0 radical (unpaired) electrons. The Morgan fingerprint density at radius 1 is 0.487 bits per heavy atom. The Labute approximate surface area is 227 Å². The normalized spacial score (nSPS) is 14.8. The largest absolute Gasteiger partial charge is 0.302 e. The smallest absolute Gasteiger partial charge is 0.234 e. The molecular weight excluding hydrogens is 476 g/mol. The van der Waals surface area contributed by atoms with Gasteiger partial charge in [-0.3, -0.25) is 0 Å². The quantitative estimate of drug-likeness (QED) is 0.245. The monoisotopic (exact) mass is 500 g/mol. The first-order valence-corrected chi connectivity index (χ1v) is 13.3. The molecule has 4 heteroatoms. The van der Waals surface area contributed by atoms with E-state index in [9.17, 15) is 0 Å². The van der Waals surface area contributed by atoms with Crippen LogP contribution in [0.5, 0.6) is 0 Å². The van der Waals surface area contributed by atoms with E-state index >= 15 is 0 Å². The highest BCUT2D eigenvalue weighted by Crippen LogP contribution is 2.54. The summed E-state index contributed by atoms with van der Waals surface area (Å²) in [7, 11) is 0. The van der Waals surface area contributed by atoms with E-state index in [1.165, 1.54) is 33.4 Å². The SMILES string of the molecule is c1ccc(-c2nc(-c3ccccc3)nc(N3c4ccccc4-c4cccc5c4C3Cc3ccccc3-5)n2)cc1. The average Bonchev–Trinajstić information content (AvgIpc) is 3.02. The highest BCUT2D eigenvalue weighted by Gasteiger charge is 2.38. The average molecular weight is 501 g/mol. The molecule has 0 fully saturated rings. The van der Waals surface area contributed by atoms with Gasteiger partial charge in [0.25, 0.3) is 0 Å². The van der Waals surface area contributed by atoms with Crippen molar-refractivity contribution >= 4 is 11.6 Å². The summed E-state index contributed by atoms with van der Waals surface area (Å²) in [5, 5.41) is 0. The Morgan fingerprint density at radius 2 is 1.03 bits per heavy atom. The second kappa shape index (κ2) is 8.74. The fraction of sp³-hybridized carbons (Fsp3) is 0.0571. The molecule has 4 nitrogen and oxygen atoms in total. The van der Waals surface area contributed by atoms with Crippen molar-refractivity contribution < 1.29 is 0 Å². The van der Waals surface area contributed by atoms with E-state index in [1.54, 1.807) is 0 Å². The maximum atomic E-state index is 5.14. The molecule has 0 amide bonds. The van der Waals surface area contributed by atoms with Gasteiger partial charge in [0.1, 0.15) is 0 Å². The van der Waals surface area contributed by atoms with Crippen molar-refractivity contribution in [2.24, 2.45) is 0 Å². The first kappa shape index (κ1) is 21.9. The van der Waals surface area contributed by atoms with E-state index in [4.69, 9.17) is 15.0 Å². The van der Waals surface area contributed by atoms with Gasteiger partial charge in [0.15, 0.2) is 11.6 Å². The number of nitrogens with zero attached hydrogens (tertiary/aromatic N) is 4. The third-order valence-corrected chi connectivity index (χ3v) is 7.83. The molecule has 0 spiro atoms. The van der Waals surface area contributed by atoms with Crippen LogP contribution >= 0.6 is 0 Å². The summed E-state index contributed by atoms with van der Waals surface area (Å²) >= 11 is 0. The van der Waals surface area contributed by atoms with Crippen molar-refractivity contribution in [2.75, 3.05) is 4.90 Å². The van der Waals surface area contributed by atoms with Gasteiger partial charge in [-0.15, -0.1) is 0 Å². The Kier molecular flexibility index (Phi) is 4.92. The van der Waals surface area contributed by atoms with E-state index < -0.39 is 0 Å². The number of hydrogen-bond acceptors (Lipinski definition) is 4. The molecule has 1 aromatic heterocycles. The van der Waals surface area contributed by atoms with Crippen molar-refractivity contribution in [1.82, 2.24) is 15.0 Å². The molecule has 1 unspecified atom stereocenters. The Morgan fingerprint density at radius 3 is 1.72 bits per heavy atom. The van der Waals surface area contributed by atoms with Crippen LogP contribution in [0.4, 0.5) is 11.6 Å². The summed E-state index contributed by atoms with van der Waals surface area (Å²) < 4.78 is 0. The number of benzene rings is 5. The van der Waals surface area contributed by atoms with Crippen LogP contribution in [0.1, 0.15) is 17.2 Å². The standard InChI is InChI=1S/C35H24N4/c1-3-12-23(13-4-1)33-36-34(24-14-5-2-6-15-24)38-35(37-33)39-30-21-10-9-18-27(30)29-20-11-19-28-26-17-8-7-16-25(26)22-31(39)32(28)29/h1-21,31H,22H2. The van der Waals surface area contributed by atoms with Gasteiger partial charge in [-0.25, -0.2) is 4.98 Å². The van der Waals surface area contributed by atoms with Crippen LogP contribution in [0, 0.1) is 0 Å². The van der Waals surface area contributed by atoms with Crippen LogP contribution < -0.4 is 4.90 Å². The van der Waals surface area contributed by atoms with E-state index in [2.05, 4.69) is 95.9 Å². The van der Waals surface area contributed by atoms with Crippen molar-refractivity contribution in [3.05, 3.63) is 139 Å². The number of anilines is 2. The van der Waals surface area contributed by atoms with Gasteiger partial charge in [0, 0.05) is 16.7 Å². The van der Waals surface area contributed by atoms with Crippen molar-refractivity contribution in [2.45, 2.75) is 12.5 Å². The van der Waals surface area contributed by atoms with Gasteiger partial charge in [-0.2, -0.15) is 9.97 Å². The highest BCUT2D eigenvalue weighted by atomic mass is 15.3. The van der Waals surface area contributed by atoms with E-state index in [1.807, 2.05) is 36.4 Å². The topological polar surface area (TPSA) is 41.9 Å². The fourth-order valence-corrected chi connectivity index (χ4v) is 6.12. The molecule has 0 bridgehead atoms. The molecule has 2 heterocycles. The molecule has 39 heavy (non-hydrogen) atoms. The predicted octanol–water partition coefficient (Wildman–Crippen LogP) is 8.29. The van der Waals surface area contributed by atoms with Crippen molar-refractivity contribution in [1.29, 1.82) is 0 Å². The van der Waals surface area contributed by atoms with E-state index in [-0.39, 0.29) is 6.04 Å². The van der Waals surface area contributed by atoms with Gasteiger partial charge in [-0.1, -0.05) is 121 Å². The van der Waals surface area contributed by atoms with Gasteiger partial charge < -0.3 is 4.90 Å². The lowest BCUT2D eigenvalue weighted by atomic mass is 9.76. The summed E-state index contributed by atoms with van der Waals surface area (Å²) in [5.41, 5.74) is 10.9. The van der Waals surface area contributed by atoms with E-state index in [0.717, 1.165) is 23.2 Å². The van der Waals surface area contributed by atoms with Gasteiger partial charge in [-0.05, 0) is 40.3 Å². The Balaban J connectivity index is 1.40. The third kappa shape index (κ3) is 3.49. The van der Waals surface area contributed by atoms with Crippen LogP contribution in [0.25, 0.3) is 45.0 Å². The molecule has 5 aromatic carbocycles. The maximum absolute atomic E-state index is 5.14. The molecule has 1 atom stereocenters. The summed E-state index contributed by atoms with van der Waals surface area (Å²) in [5.74, 6) is 2.01. The minimum absolute atomic E-state index is 0.0654. The first-order valence-electron chi connectivity index (χ1n) is 13.3. The number of para-hydroxylation sites is 1. The van der Waals surface area contributed by atoms with Crippen molar-refractivity contribution in [3.8, 4) is 45.0 Å². The zero-order chi connectivity index (χ0) is 25.8. The molecule has 184 valence electrons. The Hall–Kier alpha value is -5.09. The molecule has 0 saturated heterocycles. The minimum Gasteiger partial charge on any atom is -0.302 e. The summed E-state index contributed by atoms with van der Waals surface area (Å²) in [6, 6.07) is 44.5. The lowest BCUT2D eigenvalue weighted by molar-refractivity contribution is 0.664. The van der Waals surface area contributed by atoms with Crippen LogP contribution in [0.15, 0.2) is 127 Å². The van der Waals surface area contributed by atoms with Crippen LogP contribution in [0.2, 0.25) is 0 Å². The summed E-state index contributed by atoms with van der Waals surface area (Å²) in [6.07, 6.45) is 0.877. The fourth-order valence-electron chi connectivity index (χ4n) is 6.12. The predicted molar refractivity (Wildman–Crippen MR) is 157 cm³/mol. The number of hydrogen-bond donors (Lipinski definition) is 0. The third-order valence-electron chi connectivity index (χ3n) is 7.83. The van der Waals surface area contributed by atoms with E-state index in [0.29, 0.717) is 17.6 Å². The second-order valence-corrected chi connectivity index (χ2v) is 10.0. The lowest BCUT2D eigenvalue weighted by Crippen LogP contribution is -2.33. The number of rotatable bonds is 3. The minimum atomic E-state index is 0.0654. The van der Waals surface area contributed by atoms with Gasteiger partial charge in [0.2, 0.25) is 5.95 Å². The molecule has 0 N–H and O–H groups in total. The highest BCUT2D eigenvalue weighted by molar-refractivity contribution is 5.93. The van der Waals surface area contributed by atoms with Crippen LogP contribution in [-0.4, -0.2) is 15.0 Å². The number of aromatic nitrogens is 3. The molecule has 2 aliphatic rings. The lowest BCUT2D eigenvalue weighted by Gasteiger charge is -2.42. The molecule has 0 saturated carbocycles. The zero-order valence-corrected chi connectivity index (χ0v) is 21.2. The molecule has 1 aliphatic heterocycles. The summed E-state index contributed by atoms with van der Waals surface area (Å²) in [4.78, 5) is 17.6. The molecule has 6 aromatic rings. The molecule has 1 aliphatic carbocycles. The second-order valence-electron chi connectivity index (χ2n) is 10.0. The van der Waals surface area contributed by atoms with Gasteiger partial charge >= 0.3 is 0 Å². The molecular formula is C35H24N4. The van der Waals surface area contributed by atoms with Crippen LogP contribution in [-0.2, 0) is 6.42 Å². The van der Waals surface area contributed by atoms with Gasteiger partial charge in [0.05, 0.1) is 11.7 Å². The zero-order valence-electron chi connectivity index (χ0n) is 21.2. The maximum Gasteiger partial charge on any atom is 0.234 e. The summed E-state index contributed by atoms with van der Waals surface area (Å²) in [6.45, 7) is 0. The van der Waals surface area contributed by atoms with Crippen LogP contribution in [0.3, 0.4) is 0 Å². The molecule has 8 rings (SSSR count).